The quantitative estimate of drug-likeness (QED) is 0.569. The van der Waals surface area contributed by atoms with E-state index in [0.29, 0.717) is 18.5 Å². The van der Waals surface area contributed by atoms with E-state index < -0.39 is 0 Å². The van der Waals surface area contributed by atoms with Gasteiger partial charge < -0.3 is 11.1 Å². The van der Waals surface area contributed by atoms with E-state index in [2.05, 4.69) is 52.8 Å². The lowest BCUT2D eigenvalue weighted by Crippen LogP contribution is -2.35. The summed E-state index contributed by atoms with van der Waals surface area (Å²) in [5.41, 5.74) is 7.20. The Morgan fingerprint density at radius 2 is 2.16 bits per heavy atom. The monoisotopic (exact) mass is 282 g/mol. The van der Waals surface area contributed by atoms with Crippen LogP contribution >= 0.6 is 11.3 Å². The van der Waals surface area contributed by atoms with Crippen molar-refractivity contribution in [2.24, 2.45) is 10.7 Å². The highest BCUT2D eigenvalue weighted by Crippen LogP contribution is 2.23. The van der Waals surface area contributed by atoms with Gasteiger partial charge in [-0.1, -0.05) is 20.8 Å². The molecule has 19 heavy (non-hydrogen) atoms. The van der Waals surface area contributed by atoms with E-state index in [1.807, 2.05) is 0 Å². The Labute approximate surface area is 120 Å². The number of thiophene rings is 1. The minimum Gasteiger partial charge on any atom is -0.370 e. The predicted octanol–water partition coefficient (Wildman–Crippen LogP) is 2.45. The number of nitrogens with zero attached hydrogens (tertiary/aromatic N) is 2. The Bertz CT molecular complexity index is 358. The molecule has 0 aliphatic carbocycles. The Morgan fingerprint density at radius 1 is 1.42 bits per heavy atom. The number of rotatable bonds is 8. The van der Waals surface area contributed by atoms with Gasteiger partial charge in [0.05, 0.1) is 12.6 Å². The molecule has 1 atom stereocenters. The van der Waals surface area contributed by atoms with E-state index in [0.717, 1.165) is 26.1 Å². The summed E-state index contributed by atoms with van der Waals surface area (Å²) in [6.07, 6.45) is 1.06. The van der Waals surface area contributed by atoms with E-state index in [-0.39, 0.29) is 0 Å². The van der Waals surface area contributed by atoms with Crippen LogP contribution in [0.1, 0.15) is 38.8 Å². The minimum atomic E-state index is 0.322. The smallest absolute Gasteiger partial charge is 0.188 e. The fourth-order valence-electron chi connectivity index (χ4n) is 2.05. The summed E-state index contributed by atoms with van der Waals surface area (Å²) < 4.78 is 0. The third kappa shape index (κ3) is 5.20. The van der Waals surface area contributed by atoms with Crippen molar-refractivity contribution in [1.82, 2.24) is 10.2 Å². The van der Waals surface area contributed by atoms with E-state index >= 15 is 0 Å². The fourth-order valence-corrected chi connectivity index (χ4v) is 2.76. The zero-order chi connectivity index (χ0) is 14.1. The van der Waals surface area contributed by atoms with Crippen LogP contribution in [0.15, 0.2) is 21.8 Å². The lowest BCUT2D eigenvalue weighted by molar-refractivity contribution is 0.225. The molecule has 1 heterocycles. The van der Waals surface area contributed by atoms with E-state index in [1.54, 1.807) is 11.3 Å². The van der Waals surface area contributed by atoms with Crippen LogP contribution in [0, 0.1) is 0 Å². The fraction of sp³-hybridized carbons (Fsp3) is 0.643. The van der Waals surface area contributed by atoms with Crippen molar-refractivity contribution in [3.63, 3.8) is 0 Å². The summed E-state index contributed by atoms with van der Waals surface area (Å²) in [6.45, 7) is 10.1. The highest BCUT2D eigenvalue weighted by Gasteiger charge is 2.17. The molecule has 0 saturated heterocycles. The van der Waals surface area contributed by atoms with Crippen molar-refractivity contribution in [2.75, 3.05) is 26.2 Å². The van der Waals surface area contributed by atoms with Crippen LogP contribution in [-0.4, -0.2) is 37.0 Å². The standard InChI is InChI=1S/C14H26N4S/c1-4-8-16-14(15)17-10-13(18(5-2)6-3)12-7-9-19-11-12/h7,9,11,13H,4-6,8,10H2,1-3H3,(H3,15,16,17). The maximum absolute atomic E-state index is 5.87. The molecule has 108 valence electrons. The van der Waals surface area contributed by atoms with Gasteiger partial charge in [0.15, 0.2) is 5.96 Å². The largest absolute Gasteiger partial charge is 0.370 e. The SMILES string of the molecule is CCCNC(N)=NCC(c1ccsc1)N(CC)CC. The molecule has 0 fully saturated rings. The Kier molecular flexibility index (Phi) is 7.52. The molecular formula is C14H26N4S. The highest BCUT2D eigenvalue weighted by atomic mass is 32.1. The van der Waals surface area contributed by atoms with E-state index in [1.165, 1.54) is 5.56 Å². The molecule has 0 amide bonds. The molecule has 5 heteroatoms. The van der Waals surface area contributed by atoms with Gasteiger partial charge in [0.25, 0.3) is 0 Å². The summed E-state index contributed by atoms with van der Waals surface area (Å²) in [6, 6.07) is 2.50. The van der Waals surface area contributed by atoms with E-state index in [4.69, 9.17) is 5.73 Å². The molecular weight excluding hydrogens is 256 g/mol. The van der Waals surface area contributed by atoms with Crippen LogP contribution in [-0.2, 0) is 0 Å². The zero-order valence-corrected chi connectivity index (χ0v) is 13.0. The number of likely N-dealkylation sites (N-methyl/N-ethyl adjacent to an activating group) is 1. The van der Waals surface area contributed by atoms with Crippen molar-refractivity contribution in [3.8, 4) is 0 Å². The van der Waals surface area contributed by atoms with Gasteiger partial charge in [-0.05, 0) is 41.9 Å². The molecule has 0 radical (unpaired) electrons. The zero-order valence-electron chi connectivity index (χ0n) is 12.2. The molecule has 0 aromatic carbocycles. The van der Waals surface area contributed by atoms with Crippen molar-refractivity contribution in [2.45, 2.75) is 33.2 Å². The second-order valence-corrected chi connectivity index (χ2v) is 5.23. The number of aliphatic imine (C=N–C) groups is 1. The first-order valence-corrected chi connectivity index (χ1v) is 7.97. The van der Waals surface area contributed by atoms with Gasteiger partial charge in [-0.15, -0.1) is 0 Å². The lowest BCUT2D eigenvalue weighted by atomic mass is 10.1. The molecule has 1 aromatic rings. The van der Waals surface area contributed by atoms with Gasteiger partial charge in [-0.25, -0.2) is 0 Å². The van der Waals surface area contributed by atoms with Crippen molar-refractivity contribution < 1.29 is 0 Å². The summed E-state index contributed by atoms with van der Waals surface area (Å²) in [5, 5.41) is 7.44. The van der Waals surface area contributed by atoms with Gasteiger partial charge in [-0.3, -0.25) is 9.89 Å². The molecule has 1 aromatic heterocycles. The van der Waals surface area contributed by atoms with Crippen LogP contribution in [0.2, 0.25) is 0 Å². The first kappa shape index (κ1) is 16.0. The normalized spacial score (nSPS) is 13.8. The first-order chi connectivity index (χ1) is 9.22. The van der Waals surface area contributed by atoms with Gasteiger partial charge in [0, 0.05) is 6.54 Å². The molecule has 0 bridgehead atoms. The molecule has 0 saturated carbocycles. The number of nitrogens with two attached hydrogens (primary N) is 1. The Balaban J connectivity index is 2.70. The summed E-state index contributed by atoms with van der Waals surface area (Å²) in [5.74, 6) is 0.550. The molecule has 1 rings (SSSR count). The minimum absolute atomic E-state index is 0.322. The Hall–Kier alpha value is -1.07. The second kappa shape index (κ2) is 8.93. The maximum Gasteiger partial charge on any atom is 0.188 e. The maximum atomic E-state index is 5.87. The molecule has 4 nitrogen and oxygen atoms in total. The number of nitrogens with one attached hydrogen (secondary N) is 1. The van der Waals surface area contributed by atoms with Crippen molar-refractivity contribution in [1.29, 1.82) is 0 Å². The summed E-state index contributed by atoms with van der Waals surface area (Å²) in [4.78, 5) is 6.90. The van der Waals surface area contributed by atoms with Crippen LogP contribution in [0.3, 0.4) is 0 Å². The third-order valence-corrected chi connectivity index (χ3v) is 3.87. The van der Waals surface area contributed by atoms with Gasteiger partial charge in [0.1, 0.15) is 0 Å². The summed E-state index contributed by atoms with van der Waals surface area (Å²) >= 11 is 1.73. The van der Waals surface area contributed by atoms with Crippen LogP contribution in [0.4, 0.5) is 0 Å². The molecule has 0 aliphatic heterocycles. The average molecular weight is 282 g/mol. The van der Waals surface area contributed by atoms with Gasteiger partial charge in [-0.2, -0.15) is 11.3 Å². The Morgan fingerprint density at radius 3 is 2.68 bits per heavy atom. The predicted molar refractivity (Wildman–Crippen MR) is 84.8 cm³/mol. The van der Waals surface area contributed by atoms with Gasteiger partial charge >= 0.3 is 0 Å². The van der Waals surface area contributed by atoms with Crippen molar-refractivity contribution in [3.05, 3.63) is 22.4 Å². The topological polar surface area (TPSA) is 53.6 Å². The number of hydrogen-bond donors (Lipinski definition) is 2. The van der Waals surface area contributed by atoms with E-state index in [9.17, 15) is 0 Å². The molecule has 1 unspecified atom stereocenters. The molecule has 0 spiro atoms. The highest BCUT2D eigenvalue weighted by molar-refractivity contribution is 7.07. The summed E-state index contributed by atoms with van der Waals surface area (Å²) in [7, 11) is 0. The second-order valence-electron chi connectivity index (χ2n) is 4.45. The lowest BCUT2D eigenvalue weighted by Gasteiger charge is -2.28. The third-order valence-electron chi connectivity index (χ3n) is 3.17. The van der Waals surface area contributed by atoms with Gasteiger partial charge in [0.2, 0.25) is 0 Å². The molecule has 3 N–H and O–H groups in total. The van der Waals surface area contributed by atoms with Crippen LogP contribution < -0.4 is 11.1 Å². The first-order valence-electron chi connectivity index (χ1n) is 7.02. The van der Waals surface area contributed by atoms with Crippen LogP contribution in [0.25, 0.3) is 0 Å². The van der Waals surface area contributed by atoms with Crippen LogP contribution in [0.5, 0.6) is 0 Å². The average Bonchev–Trinajstić information content (AvgIpc) is 2.94. The number of hydrogen-bond acceptors (Lipinski definition) is 3. The number of guanidine groups is 1. The molecule has 0 aliphatic rings. The van der Waals surface area contributed by atoms with Crippen molar-refractivity contribution >= 4 is 17.3 Å².